The van der Waals surface area contributed by atoms with Crippen LogP contribution in [0.1, 0.15) is 36.8 Å². The molecule has 2 amide bonds. The number of nitrogens with one attached hydrogen (secondary N) is 2. The third kappa shape index (κ3) is 4.85. The fourth-order valence-electron chi connectivity index (χ4n) is 4.61. The quantitative estimate of drug-likeness (QED) is 0.568. The van der Waals surface area contributed by atoms with E-state index in [1.165, 1.54) is 0 Å². The third-order valence-electron chi connectivity index (χ3n) is 6.36. The van der Waals surface area contributed by atoms with Crippen LogP contribution in [-0.4, -0.2) is 55.0 Å². The molecule has 3 atom stereocenters. The summed E-state index contributed by atoms with van der Waals surface area (Å²) in [6, 6.07) is 15.4. The Labute approximate surface area is 192 Å². The van der Waals surface area contributed by atoms with Gasteiger partial charge >= 0.3 is 12.1 Å². The third-order valence-corrected chi connectivity index (χ3v) is 6.36. The summed E-state index contributed by atoms with van der Waals surface area (Å²) in [5, 5.41) is 14.5. The number of carboxylic acid groups (broad SMARTS) is 1. The van der Waals surface area contributed by atoms with E-state index in [1.54, 1.807) is 6.92 Å². The Morgan fingerprint density at radius 1 is 1.09 bits per heavy atom. The highest BCUT2D eigenvalue weighted by molar-refractivity contribution is 5.85. The molecule has 2 aromatic rings. The molecular formula is C25H28N2O6. The lowest BCUT2D eigenvalue weighted by molar-refractivity contribution is -0.149. The maximum Gasteiger partial charge on any atom is 0.407 e. The number of carbonyl (C=O) groups is 3. The first-order valence-electron chi connectivity index (χ1n) is 11.2. The molecule has 8 nitrogen and oxygen atoms in total. The fourth-order valence-corrected chi connectivity index (χ4v) is 4.61. The van der Waals surface area contributed by atoms with Crippen LogP contribution in [0.4, 0.5) is 4.79 Å². The normalized spacial score (nSPS) is 19.9. The summed E-state index contributed by atoms with van der Waals surface area (Å²) in [6.45, 7) is 2.48. The largest absolute Gasteiger partial charge is 0.479 e. The SMILES string of the molecule is CC[C@@H](NC(=O)OCC1c2ccccc2-c2ccccc21)C(=O)NC[C@@H]1CCO[C@@H]1C(=O)O. The molecule has 174 valence electrons. The van der Waals surface area contributed by atoms with Crippen molar-refractivity contribution in [1.29, 1.82) is 0 Å². The van der Waals surface area contributed by atoms with E-state index in [9.17, 15) is 19.5 Å². The first-order valence-corrected chi connectivity index (χ1v) is 11.2. The lowest BCUT2D eigenvalue weighted by Gasteiger charge is -2.20. The molecular weight excluding hydrogens is 424 g/mol. The van der Waals surface area contributed by atoms with Crippen LogP contribution in [-0.2, 0) is 19.1 Å². The van der Waals surface area contributed by atoms with E-state index in [-0.39, 0.29) is 30.9 Å². The number of hydrogen-bond acceptors (Lipinski definition) is 5. The molecule has 4 rings (SSSR count). The van der Waals surface area contributed by atoms with Gasteiger partial charge in [0.15, 0.2) is 6.10 Å². The number of hydrogen-bond donors (Lipinski definition) is 3. The van der Waals surface area contributed by atoms with Crippen molar-refractivity contribution in [1.82, 2.24) is 10.6 Å². The summed E-state index contributed by atoms with van der Waals surface area (Å²) >= 11 is 0. The number of alkyl carbamates (subject to hydrolysis) is 1. The first kappa shape index (κ1) is 22.8. The lowest BCUT2D eigenvalue weighted by atomic mass is 9.98. The Balaban J connectivity index is 1.32. The molecule has 0 bridgehead atoms. The minimum absolute atomic E-state index is 0.0626. The van der Waals surface area contributed by atoms with Gasteiger partial charge in [-0.2, -0.15) is 0 Å². The molecule has 0 radical (unpaired) electrons. The standard InChI is InChI=1S/C25H28N2O6/c1-2-21(23(28)26-13-15-11-12-32-22(15)24(29)30)27-25(31)33-14-20-18-9-5-3-7-16(18)17-8-4-6-10-19(17)20/h3-10,15,20-22H,2,11-14H2,1H3,(H,26,28)(H,27,31)(H,29,30)/t15-,21+,22-/m0/s1. The van der Waals surface area contributed by atoms with E-state index in [1.807, 2.05) is 36.4 Å². The van der Waals surface area contributed by atoms with Crippen molar-refractivity contribution in [3.63, 3.8) is 0 Å². The molecule has 0 unspecified atom stereocenters. The van der Waals surface area contributed by atoms with Gasteiger partial charge in [0.05, 0.1) is 0 Å². The molecule has 0 spiro atoms. The van der Waals surface area contributed by atoms with Crippen molar-refractivity contribution in [3.05, 3.63) is 59.7 Å². The van der Waals surface area contributed by atoms with Gasteiger partial charge in [-0.3, -0.25) is 4.79 Å². The summed E-state index contributed by atoms with van der Waals surface area (Å²) in [5.74, 6) is -1.76. The van der Waals surface area contributed by atoms with E-state index < -0.39 is 24.2 Å². The van der Waals surface area contributed by atoms with Gasteiger partial charge < -0.3 is 25.2 Å². The van der Waals surface area contributed by atoms with Gasteiger partial charge in [-0.1, -0.05) is 55.5 Å². The molecule has 2 aromatic carbocycles. The summed E-state index contributed by atoms with van der Waals surface area (Å²) in [5.41, 5.74) is 4.51. The Morgan fingerprint density at radius 3 is 2.33 bits per heavy atom. The predicted molar refractivity (Wildman–Crippen MR) is 121 cm³/mol. The molecule has 8 heteroatoms. The highest BCUT2D eigenvalue weighted by atomic mass is 16.5. The van der Waals surface area contributed by atoms with Gasteiger partial charge in [0, 0.05) is 25.0 Å². The molecule has 1 heterocycles. The minimum atomic E-state index is -1.03. The fraction of sp³-hybridized carbons (Fsp3) is 0.400. The molecule has 2 aliphatic rings. The Bertz CT molecular complexity index is 994. The molecule has 0 aromatic heterocycles. The van der Waals surface area contributed by atoms with E-state index in [0.29, 0.717) is 19.4 Å². The van der Waals surface area contributed by atoms with Gasteiger partial charge in [0.1, 0.15) is 12.6 Å². The van der Waals surface area contributed by atoms with Crippen LogP contribution in [0.2, 0.25) is 0 Å². The zero-order chi connectivity index (χ0) is 23.4. The first-order chi connectivity index (χ1) is 16.0. The second kappa shape index (κ2) is 10.0. The van der Waals surface area contributed by atoms with Crippen LogP contribution in [0.5, 0.6) is 0 Å². The molecule has 1 aliphatic carbocycles. The average Bonchev–Trinajstić information content (AvgIpc) is 3.42. The lowest BCUT2D eigenvalue weighted by Crippen LogP contribution is -2.48. The molecule has 1 fully saturated rings. The maximum absolute atomic E-state index is 12.6. The van der Waals surface area contributed by atoms with Crippen LogP contribution < -0.4 is 10.6 Å². The molecule has 1 aliphatic heterocycles. The monoisotopic (exact) mass is 452 g/mol. The predicted octanol–water partition coefficient (Wildman–Crippen LogP) is 2.91. The van der Waals surface area contributed by atoms with Gasteiger partial charge in [-0.25, -0.2) is 9.59 Å². The number of fused-ring (bicyclic) bond motifs is 3. The summed E-state index contributed by atoms with van der Waals surface area (Å²) in [6.07, 6.45) is -0.639. The zero-order valence-electron chi connectivity index (χ0n) is 18.5. The number of carbonyl (C=O) groups excluding carboxylic acids is 2. The number of aliphatic carboxylic acids is 1. The number of carboxylic acids is 1. The maximum atomic E-state index is 12.6. The zero-order valence-corrected chi connectivity index (χ0v) is 18.5. The molecule has 0 saturated carbocycles. The number of rotatable bonds is 8. The molecule has 33 heavy (non-hydrogen) atoms. The highest BCUT2D eigenvalue weighted by Gasteiger charge is 2.35. The Kier molecular flexibility index (Phi) is 6.93. The topological polar surface area (TPSA) is 114 Å². The van der Waals surface area contributed by atoms with E-state index in [2.05, 4.69) is 22.8 Å². The van der Waals surface area contributed by atoms with Crippen LogP contribution in [0.25, 0.3) is 11.1 Å². The summed E-state index contributed by atoms with van der Waals surface area (Å²) in [7, 11) is 0. The van der Waals surface area contributed by atoms with Crippen molar-refractivity contribution in [3.8, 4) is 11.1 Å². The van der Waals surface area contributed by atoms with Crippen LogP contribution in [0.3, 0.4) is 0 Å². The van der Waals surface area contributed by atoms with Gasteiger partial charge in [-0.05, 0) is 35.1 Å². The van der Waals surface area contributed by atoms with Crippen molar-refractivity contribution >= 4 is 18.0 Å². The van der Waals surface area contributed by atoms with Crippen LogP contribution in [0, 0.1) is 5.92 Å². The molecule has 1 saturated heterocycles. The van der Waals surface area contributed by atoms with E-state index >= 15 is 0 Å². The highest BCUT2D eigenvalue weighted by Crippen LogP contribution is 2.44. The van der Waals surface area contributed by atoms with Gasteiger partial charge in [0.25, 0.3) is 0 Å². The number of amides is 2. The smallest absolute Gasteiger partial charge is 0.407 e. The average molecular weight is 453 g/mol. The molecule has 3 N–H and O–H groups in total. The van der Waals surface area contributed by atoms with Crippen molar-refractivity contribution in [2.45, 2.75) is 37.8 Å². The van der Waals surface area contributed by atoms with Crippen molar-refractivity contribution in [2.75, 3.05) is 19.8 Å². The number of ether oxygens (including phenoxy) is 2. The summed E-state index contributed by atoms with van der Waals surface area (Å²) in [4.78, 5) is 36.3. The Hall–Kier alpha value is -3.39. The minimum Gasteiger partial charge on any atom is -0.479 e. The van der Waals surface area contributed by atoms with Crippen LogP contribution >= 0.6 is 0 Å². The van der Waals surface area contributed by atoms with E-state index in [4.69, 9.17) is 9.47 Å². The second-order valence-electron chi connectivity index (χ2n) is 8.35. The Morgan fingerprint density at radius 2 is 1.73 bits per heavy atom. The van der Waals surface area contributed by atoms with Crippen molar-refractivity contribution < 1.29 is 29.0 Å². The van der Waals surface area contributed by atoms with Gasteiger partial charge in [0.2, 0.25) is 5.91 Å². The summed E-state index contributed by atoms with van der Waals surface area (Å²) < 4.78 is 10.7. The second-order valence-corrected chi connectivity index (χ2v) is 8.35. The van der Waals surface area contributed by atoms with Gasteiger partial charge in [-0.15, -0.1) is 0 Å². The number of benzene rings is 2. The van der Waals surface area contributed by atoms with Crippen molar-refractivity contribution in [2.24, 2.45) is 5.92 Å². The van der Waals surface area contributed by atoms with E-state index in [0.717, 1.165) is 22.3 Å². The van der Waals surface area contributed by atoms with Crippen LogP contribution in [0.15, 0.2) is 48.5 Å².